The van der Waals surface area contributed by atoms with E-state index in [9.17, 15) is 14.7 Å². The summed E-state index contributed by atoms with van der Waals surface area (Å²) in [4.78, 5) is 27.8. The summed E-state index contributed by atoms with van der Waals surface area (Å²) < 4.78 is 5.10. The Bertz CT molecular complexity index is 1260. The van der Waals surface area contributed by atoms with E-state index in [2.05, 4.69) is 14.7 Å². The number of halogens is 1. The third kappa shape index (κ3) is 3.70. The Hall–Kier alpha value is -3.49. The normalized spacial score (nSPS) is 10.8. The molecule has 2 heterocycles. The molecule has 0 radical (unpaired) electrons. The highest BCUT2D eigenvalue weighted by molar-refractivity contribution is 7.14. The van der Waals surface area contributed by atoms with E-state index in [0.29, 0.717) is 32.1 Å². The molecule has 0 unspecified atom stereocenters. The van der Waals surface area contributed by atoms with Gasteiger partial charge in [-0.15, -0.1) is 0 Å². The SMILES string of the molecule is O=C(O)CNC(=O)c1nc(-c2ccccc2)c2snc(-c3ccc(Cl)cc3)c2c1O. The van der Waals surface area contributed by atoms with Gasteiger partial charge >= 0.3 is 5.97 Å². The Balaban J connectivity index is 1.96. The summed E-state index contributed by atoms with van der Waals surface area (Å²) in [5.74, 6) is -2.35. The zero-order valence-electron chi connectivity index (χ0n) is 15.3. The summed E-state index contributed by atoms with van der Waals surface area (Å²) >= 11 is 7.13. The first kappa shape index (κ1) is 19.8. The van der Waals surface area contributed by atoms with E-state index >= 15 is 0 Å². The summed E-state index contributed by atoms with van der Waals surface area (Å²) in [6.45, 7) is -0.593. The van der Waals surface area contributed by atoms with Gasteiger partial charge in [0.1, 0.15) is 6.54 Å². The van der Waals surface area contributed by atoms with Crippen molar-refractivity contribution in [2.45, 2.75) is 0 Å². The molecule has 0 spiro atoms. The highest BCUT2D eigenvalue weighted by Crippen LogP contribution is 2.42. The molecule has 0 aliphatic rings. The number of fused-ring (bicyclic) bond motifs is 1. The smallest absolute Gasteiger partial charge is 0.322 e. The topological polar surface area (TPSA) is 112 Å². The molecule has 9 heteroatoms. The van der Waals surface area contributed by atoms with Crippen molar-refractivity contribution in [2.75, 3.05) is 6.54 Å². The fraction of sp³-hybridized carbons (Fsp3) is 0.0476. The summed E-state index contributed by atoms with van der Waals surface area (Å²) in [6, 6.07) is 16.1. The van der Waals surface area contributed by atoms with Crippen LogP contribution in [0.4, 0.5) is 0 Å². The van der Waals surface area contributed by atoms with Crippen LogP contribution in [-0.4, -0.2) is 38.0 Å². The third-order valence-corrected chi connectivity index (χ3v) is 5.48. The minimum absolute atomic E-state index is 0.266. The summed E-state index contributed by atoms with van der Waals surface area (Å²) in [7, 11) is 0. The molecule has 4 rings (SSSR count). The Morgan fingerprint density at radius 1 is 1.00 bits per heavy atom. The van der Waals surface area contributed by atoms with Crippen molar-refractivity contribution in [3.05, 3.63) is 65.3 Å². The number of carbonyl (C=O) groups excluding carboxylic acids is 1. The van der Waals surface area contributed by atoms with Gasteiger partial charge in [0, 0.05) is 16.1 Å². The fourth-order valence-corrected chi connectivity index (χ4v) is 4.04. The van der Waals surface area contributed by atoms with Crippen molar-refractivity contribution in [1.82, 2.24) is 14.7 Å². The molecule has 2 aromatic carbocycles. The molecule has 0 fully saturated rings. The Kier molecular flexibility index (Phi) is 5.35. The van der Waals surface area contributed by atoms with Gasteiger partial charge in [-0.2, -0.15) is 4.37 Å². The van der Waals surface area contributed by atoms with Crippen LogP contribution in [0.2, 0.25) is 5.02 Å². The van der Waals surface area contributed by atoms with Crippen LogP contribution in [0.15, 0.2) is 54.6 Å². The number of carboxylic acids is 1. The number of rotatable bonds is 5. The zero-order chi connectivity index (χ0) is 21.3. The van der Waals surface area contributed by atoms with Crippen molar-refractivity contribution < 1.29 is 19.8 Å². The van der Waals surface area contributed by atoms with E-state index in [1.807, 2.05) is 30.3 Å². The largest absolute Gasteiger partial charge is 0.505 e. The second kappa shape index (κ2) is 8.10. The van der Waals surface area contributed by atoms with Gasteiger partial charge in [-0.1, -0.05) is 54.1 Å². The lowest BCUT2D eigenvalue weighted by Gasteiger charge is -2.10. The van der Waals surface area contributed by atoms with Crippen molar-refractivity contribution >= 4 is 45.1 Å². The van der Waals surface area contributed by atoms with Crippen LogP contribution in [0.25, 0.3) is 32.6 Å². The van der Waals surface area contributed by atoms with Gasteiger partial charge in [0.15, 0.2) is 11.4 Å². The third-order valence-electron chi connectivity index (χ3n) is 4.37. The molecule has 0 bridgehead atoms. The van der Waals surface area contributed by atoms with Crippen LogP contribution < -0.4 is 5.32 Å². The van der Waals surface area contributed by atoms with E-state index in [-0.39, 0.29) is 11.4 Å². The van der Waals surface area contributed by atoms with Crippen molar-refractivity contribution in [2.24, 2.45) is 0 Å². The van der Waals surface area contributed by atoms with Crippen molar-refractivity contribution in [1.29, 1.82) is 0 Å². The first-order valence-corrected chi connectivity index (χ1v) is 9.94. The Morgan fingerprint density at radius 2 is 1.67 bits per heavy atom. The average Bonchev–Trinajstić information content (AvgIpc) is 3.19. The van der Waals surface area contributed by atoms with E-state index in [1.54, 1.807) is 24.3 Å². The molecule has 4 aromatic rings. The number of pyridine rings is 1. The number of hydrogen-bond acceptors (Lipinski definition) is 6. The van der Waals surface area contributed by atoms with E-state index < -0.39 is 18.4 Å². The van der Waals surface area contributed by atoms with Crippen LogP contribution in [0, 0.1) is 0 Å². The number of carbonyl (C=O) groups is 2. The van der Waals surface area contributed by atoms with Crippen molar-refractivity contribution in [3.8, 4) is 28.3 Å². The minimum Gasteiger partial charge on any atom is -0.505 e. The molecule has 1 amide bonds. The zero-order valence-corrected chi connectivity index (χ0v) is 16.9. The summed E-state index contributed by atoms with van der Waals surface area (Å²) in [6.07, 6.45) is 0. The number of nitrogens with zero attached hydrogens (tertiary/aromatic N) is 2. The molecule has 3 N–H and O–H groups in total. The maximum absolute atomic E-state index is 12.6. The molecule has 0 atom stereocenters. The molecule has 30 heavy (non-hydrogen) atoms. The van der Waals surface area contributed by atoms with Gasteiger partial charge in [0.05, 0.1) is 21.5 Å². The number of nitrogens with one attached hydrogen (secondary N) is 1. The highest BCUT2D eigenvalue weighted by Gasteiger charge is 2.25. The van der Waals surface area contributed by atoms with E-state index in [1.165, 1.54) is 0 Å². The summed E-state index contributed by atoms with van der Waals surface area (Å²) in [5.41, 5.74) is 2.14. The van der Waals surface area contributed by atoms with E-state index in [4.69, 9.17) is 16.7 Å². The molecule has 0 saturated carbocycles. The minimum atomic E-state index is -1.20. The number of hydrogen-bond donors (Lipinski definition) is 3. The van der Waals surface area contributed by atoms with Gasteiger partial charge in [0.25, 0.3) is 5.91 Å². The Morgan fingerprint density at radius 3 is 2.33 bits per heavy atom. The van der Waals surface area contributed by atoms with Crippen molar-refractivity contribution in [3.63, 3.8) is 0 Å². The van der Waals surface area contributed by atoms with Gasteiger partial charge in [-0.3, -0.25) is 9.59 Å². The summed E-state index contributed by atoms with van der Waals surface area (Å²) in [5, 5.41) is 22.9. The standard InChI is InChI=1S/C21H14ClN3O4S/c22-13-8-6-12(7-9-13)16-15-19(28)18(21(29)23-10-14(26)27)24-17(20(15)30-25-16)11-4-2-1-3-5-11/h1-9,28H,10H2,(H,23,29)(H,26,27). The quantitative estimate of drug-likeness (QED) is 0.429. The fourth-order valence-electron chi connectivity index (χ4n) is 3.00. The lowest BCUT2D eigenvalue weighted by Crippen LogP contribution is -2.30. The van der Waals surface area contributed by atoms with E-state index in [0.717, 1.165) is 17.1 Å². The van der Waals surface area contributed by atoms with Gasteiger partial charge in [0.2, 0.25) is 0 Å². The number of aromatic nitrogens is 2. The van der Waals surface area contributed by atoms with Gasteiger partial charge < -0.3 is 15.5 Å². The molecular weight excluding hydrogens is 426 g/mol. The molecule has 2 aromatic heterocycles. The molecule has 0 saturated heterocycles. The predicted molar refractivity (Wildman–Crippen MR) is 115 cm³/mol. The molecule has 150 valence electrons. The number of benzene rings is 2. The number of aliphatic carboxylic acids is 1. The second-order valence-electron chi connectivity index (χ2n) is 6.34. The van der Waals surface area contributed by atoms with Gasteiger partial charge in [-0.05, 0) is 23.7 Å². The molecule has 0 aliphatic heterocycles. The maximum Gasteiger partial charge on any atom is 0.322 e. The molecule has 0 aliphatic carbocycles. The maximum atomic E-state index is 12.6. The number of aromatic hydroxyl groups is 1. The first-order valence-electron chi connectivity index (χ1n) is 8.79. The number of carboxylic acid groups (broad SMARTS) is 1. The first-order chi connectivity index (χ1) is 14.5. The van der Waals surface area contributed by atoms with Gasteiger partial charge in [-0.25, -0.2) is 4.98 Å². The molecular formula is C21H14ClN3O4S. The molecule has 7 nitrogen and oxygen atoms in total. The lowest BCUT2D eigenvalue weighted by molar-refractivity contribution is -0.135. The Labute approximate surface area is 179 Å². The number of amides is 1. The highest BCUT2D eigenvalue weighted by atomic mass is 35.5. The second-order valence-corrected chi connectivity index (χ2v) is 7.55. The van der Waals surface area contributed by atoms with Crippen LogP contribution in [-0.2, 0) is 4.79 Å². The van der Waals surface area contributed by atoms with Crippen LogP contribution in [0.5, 0.6) is 5.75 Å². The monoisotopic (exact) mass is 439 g/mol. The van der Waals surface area contributed by atoms with Crippen LogP contribution >= 0.6 is 23.1 Å². The lowest BCUT2D eigenvalue weighted by atomic mass is 10.0. The van der Waals surface area contributed by atoms with Crippen LogP contribution in [0.1, 0.15) is 10.5 Å². The van der Waals surface area contributed by atoms with Crippen LogP contribution in [0.3, 0.4) is 0 Å². The predicted octanol–water partition coefficient (Wildman–Crippen LogP) is 4.20. The average molecular weight is 440 g/mol.